The standard InChI is InChI=1S/C25H25N3O4S2/c1-5-31-17-9-7-16(8-10-17)20-14-32-22-13-21(30-4)18(12-19(20)22)15(3)11-23(29)26-24-27-28-25(34-24)33-6-2/h7-14H,5-6H2,1-4H3,(H,26,27,29)/b15-11+. The maximum absolute atomic E-state index is 12.6. The van der Waals surface area contributed by atoms with Crippen LogP contribution < -0.4 is 14.8 Å². The normalized spacial score (nSPS) is 11.6. The number of amides is 1. The van der Waals surface area contributed by atoms with E-state index in [-0.39, 0.29) is 5.91 Å². The van der Waals surface area contributed by atoms with E-state index >= 15 is 0 Å². The van der Waals surface area contributed by atoms with Gasteiger partial charge in [0.2, 0.25) is 11.0 Å². The molecule has 2 aromatic carbocycles. The van der Waals surface area contributed by atoms with Crippen LogP contribution in [0.1, 0.15) is 26.3 Å². The van der Waals surface area contributed by atoms with Crippen molar-refractivity contribution in [1.29, 1.82) is 0 Å². The number of rotatable bonds is 9. The lowest BCUT2D eigenvalue weighted by Crippen LogP contribution is -2.08. The number of nitrogens with zero attached hydrogens (tertiary/aromatic N) is 2. The molecule has 0 aliphatic heterocycles. The molecule has 1 amide bonds. The number of carbonyl (C=O) groups is 1. The van der Waals surface area contributed by atoms with Gasteiger partial charge in [0.05, 0.1) is 20.0 Å². The van der Waals surface area contributed by atoms with Crippen molar-refractivity contribution >= 4 is 50.7 Å². The second kappa shape index (κ2) is 10.8. The highest BCUT2D eigenvalue weighted by atomic mass is 32.2. The number of hydrogen-bond acceptors (Lipinski definition) is 8. The van der Waals surface area contributed by atoms with Gasteiger partial charge in [-0.25, -0.2) is 0 Å². The summed E-state index contributed by atoms with van der Waals surface area (Å²) in [6.07, 6.45) is 3.27. The molecule has 0 fully saturated rings. The van der Waals surface area contributed by atoms with E-state index in [4.69, 9.17) is 13.9 Å². The number of hydrogen-bond donors (Lipinski definition) is 1. The molecule has 0 spiro atoms. The molecule has 2 aromatic heterocycles. The molecule has 4 aromatic rings. The molecule has 0 unspecified atom stereocenters. The van der Waals surface area contributed by atoms with Crippen LogP contribution in [0.2, 0.25) is 0 Å². The third kappa shape index (κ3) is 5.26. The van der Waals surface area contributed by atoms with Crippen LogP contribution in [0, 0.1) is 0 Å². The Balaban J connectivity index is 1.63. The van der Waals surface area contributed by atoms with Gasteiger partial charge >= 0.3 is 0 Å². The third-order valence-corrected chi connectivity index (χ3v) is 6.90. The molecule has 9 heteroatoms. The van der Waals surface area contributed by atoms with Gasteiger partial charge in [0.25, 0.3) is 0 Å². The van der Waals surface area contributed by atoms with Crippen LogP contribution in [-0.4, -0.2) is 35.6 Å². The Morgan fingerprint density at radius 2 is 2.00 bits per heavy atom. The van der Waals surface area contributed by atoms with Crippen molar-refractivity contribution in [3.8, 4) is 22.6 Å². The lowest BCUT2D eigenvalue weighted by molar-refractivity contribution is -0.111. The van der Waals surface area contributed by atoms with E-state index < -0.39 is 0 Å². The molecule has 0 saturated carbocycles. The van der Waals surface area contributed by atoms with Crippen LogP contribution in [0.15, 0.2) is 57.5 Å². The van der Waals surface area contributed by atoms with Gasteiger partial charge < -0.3 is 13.9 Å². The van der Waals surface area contributed by atoms with E-state index in [2.05, 4.69) is 15.5 Å². The molecule has 176 valence electrons. The largest absolute Gasteiger partial charge is 0.496 e. The number of aromatic nitrogens is 2. The second-order valence-electron chi connectivity index (χ2n) is 7.28. The molecular formula is C25H25N3O4S2. The van der Waals surface area contributed by atoms with Crippen molar-refractivity contribution in [3.05, 3.63) is 54.3 Å². The monoisotopic (exact) mass is 495 g/mol. The summed E-state index contributed by atoms with van der Waals surface area (Å²) >= 11 is 2.95. The summed E-state index contributed by atoms with van der Waals surface area (Å²) in [6.45, 7) is 6.49. The van der Waals surface area contributed by atoms with Gasteiger partial charge in [-0.05, 0) is 48.9 Å². The summed E-state index contributed by atoms with van der Waals surface area (Å²) in [6, 6.07) is 11.7. The molecule has 0 aliphatic rings. The summed E-state index contributed by atoms with van der Waals surface area (Å²) in [7, 11) is 1.60. The highest BCUT2D eigenvalue weighted by Crippen LogP contribution is 2.38. The molecule has 4 rings (SSSR count). The molecule has 1 N–H and O–H groups in total. The van der Waals surface area contributed by atoms with Gasteiger partial charge in [0.1, 0.15) is 17.1 Å². The molecule has 0 bridgehead atoms. The predicted octanol–water partition coefficient (Wildman–Crippen LogP) is 6.51. The van der Waals surface area contributed by atoms with E-state index in [1.807, 2.05) is 57.2 Å². The first-order chi connectivity index (χ1) is 16.5. The van der Waals surface area contributed by atoms with Crippen LogP contribution in [0.25, 0.3) is 27.7 Å². The van der Waals surface area contributed by atoms with Crippen molar-refractivity contribution in [2.75, 3.05) is 24.8 Å². The number of ether oxygens (including phenoxy) is 2. The maximum Gasteiger partial charge on any atom is 0.250 e. The minimum atomic E-state index is -0.275. The summed E-state index contributed by atoms with van der Waals surface area (Å²) < 4.78 is 17.8. The van der Waals surface area contributed by atoms with E-state index in [1.165, 1.54) is 17.4 Å². The Kier molecular flexibility index (Phi) is 7.54. The zero-order valence-corrected chi connectivity index (χ0v) is 21.0. The SMILES string of the molecule is CCOc1ccc(-c2coc3cc(OC)c(/C(C)=C/C(=O)Nc4nnc(SCC)s4)cc23)cc1. The smallest absolute Gasteiger partial charge is 0.250 e. The first-order valence-electron chi connectivity index (χ1n) is 10.8. The summed E-state index contributed by atoms with van der Waals surface area (Å²) in [5.74, 6) is 2.07. The molecule has 34 heavy (non-hydrogen) atoms. The second-order valence-corrected chi connectivity index (χ2v) is 9.77. The molecule has 0 saturated heterocycles. The number of methoxy groups -OCH3 is 1. The molecule has 7 nitrogen and oxygen atoms in total. The maximum atomic E-state index is 12.6. The molecule has 0 radical (unpaired) electrons. The quantitative estimate of drug-likeness (QED) is 0.161. The Hall–Kier alpha value is -3.30. The van der Waals surface area contributed by atoms with Gasteiger partial charge in [-0.2, -0.15) is 0 Å². The predicted molar refractivity (Wildman–Crippen MR) is 138 cm³/mol. The number of allylic oxidation sites excluding steroid dienone is 1. The Morgan fingerprint density at radius 3 is 2.71 bits per heavy atom. The highest BCUT2D eigenvalue weighted by Gasteiger charge is 2.15. The van der Waals surface area contributed by atoms with Crippen LogP contribution >= 0.6 is 23.1 Å². The van der Waals surface area contributed by atoms with E-state index in [9.17, 15) is 4.79 Å². The van der Waals surface area contributed by atoms with Crippen LogP contribution in [0.4, 0.5) is 5.13 Å². The molecular weight excluding hydrogens is 470 g/mol. The lowest BCUT2D eigenvalue weighted by Gasteiger charge is -2.10. The summed E-state index contributed by atoms with van der Waals surface area (Å²) in [5.41, 5.74) is 4.22. The highest BCUT2D eigenvalue weighted by molar-refractivity contribution is 8.01. The lowest BCUT2D eigenvalue weighted by atomic mass is 9.99. The van der Waals surface area contributed by atoms with Crippen molar-refractivity contribution in [1.82, 2.24) is 10.2 Å². The average Bonchev–Trinajstić information content (AvgIpc) is 3.45. The number of carbonyl (C=O) groups excluding carboxylic acids is 1. The average molecular weight is 496 g/mol. The molecule has 2 heterocycles. The number of thioether (sulfide) groups is 1. The topological polar surface area (TPSA) is 86.5 Å². The van der Waals surface area contributed by atoms with Gasteiger partial charge in [-0.15, -0.1) is 10.2 Å². The number of fused-ring (bicyclic) bond motifs is 1. The summed E-state index contributed by atoms with van der Waals surface area (Å²) in [4.78, 5) is 12.6. The number of benzene rings is 2. The van der Waals surface area contributed by atoms with Crippen molar-refractivity contribution in [3.63, 3.8) is 0 Å². The fourth-order valence-electron chi connectivity index (χ4n) is 3.51. The van der Waals surface area contributed by atoms with Gasteiger partial charge in [-0.1, -0.05) is 42.2 Å². The van der Waals surface area contributed by atoms with Crippen molar-refractivity contribution in [2.24, 2.45) is 0 Å². The molecule has 0 atom stereocenters. The number of furan rings is 1. The number of anilines is 1. The van der Waals surface area contributed by atoms with Crippen molar-refractivity contribution in [2.45, 2.75) is 25.1 Å². The van der Waals surface area contributed by atoms with E-state index in [0.29, 0.717) is 23.1 Å². The van der Waals surface area contributed by atoms with Crippen LogP contribution in [0.3, 0.4) is 0 Å². The van der Waals surface area contributed by atoms with Crippen molar-refractivity contribution < 1.29 is 18.7 Å². The minimum absolute atomic E-state index is 0.275. The fraction of sp³-hybridized carbons (Fsp3) is 0.240. The zero-order valence-electron chi connectivity index (χ0n) is 19.4. The van der Waals surface area contributed by atoms with E-state index in [1.54, 1.807) is 25.1 Å². The van der Waals surface area contributed by atoms with Gasteiger partial charge in [-0.3, -0.25) is 10.1 Å². The van der Waals surface area contributed by atoms with Crippen LogP contribution in [-0.2, 0) is 4.79 Å². The van der Waals surface area contributed by atoms with Crippen LogP contribution in [0.5, 0.6) is 11.5 Å². The Labute approximate surface area is 206 Å². The minimum Gasteiger partial charge on any atom is -0.496 e. The van der Waals surface area contributed by atoms with E-state index in [0.717, 1.165) is 43.5 Å². The Bertz CT molecular complexity index is 1330. The fourth-order valence-corrected chi connectivity index (χ4v) is 5.16. The molecule has 0 aliphatic carbocycles. The van der Waals surface area contributed by atoms with Gasteiger partial charge in [0.15, 0.2) is 4.34 Å². The first kappa shape index (κ1) is 23.8. The summed E-state index contributed by atoms with van der Waals surface area (Å²) in [5, 5.41) is 12.3. The Morgan fingerprint density at radius 1 is 1.21 bits per heavy atom. The van der Waals surface area contributed by atoms with Gasteiger partial charge in [0, 0.05) is 28.7 Å². The first-order valence-corrected chi connectivity index (χ1v) is 12.6. The zero-order chi connectivity index (χ0) is 24.1. The third-order valence-electron chi connectivity index (χ3n) is 5.05. The number of nitrogens with one attached hydrogen (secondary N) is 1.